The fourth-order valence-electron chi connectivity index (χ4n) is 4.85. The number of hydrogen-bond donors (Lipinski definition) is 9. The van der Waals surface area contributed by atoms with Gasteiger partial charge in [-0.3, -0.25) is 4.79 Å². The molecular weight excluding hydrogens is 580 g/mol. The van der Waals surface area contributed by atoms with Gasteiger partial charge in [0.05, 0.1) is 20.3 Å². The van der Waals surface area contributed by atoms with E-state index in [9.17, 15) is 50.8 Å². The first-order chi connectivity index (χ1) is 20.4. The lowest BCUT2D eigenvalue weighted by atomic mass is 9.98. The molecule has 5 rings (SSSR count). The van der Waals surface area contributed by atoms with Crippen molar-refractivity contribution in [3.63, 3.8) is 0 Å². The third kappa shape index (κ3) is 5.67. The van der Waals surface area contributed by atoms with Crippen molar-refractivity contribution >= 4 is 11.0 Å². The number of fused-ring (bicyclic) bond motifs is 1. The van der Waals surface area contributed by atoms with Crippen molar-refractivity contribution in [1.29, 1.82) is 0 Å². The third-order valence-electron chi connectivity index (χ3n) is 7.16. The molecule has 3 heterocycles. The van der Waals surface area contributed by atoms with Crippen LogP contribution in [0.4, 0.5) is 0 Å². The first-order valence-electron chi connectivity index (χ1n) is 13.0. The molecule has 2 saturated heterocycles. The lowest BCUT2D eigenvalue weighted by Gasteiger charge is -2.44. The third-order valence-corrected chi connectivity index (χ3v) is 7.16. The molecule has 43 heavy (non-hydrogen) atoms. The Balaban J connectivity index is 1.63. The average Bonchev–Trinajstić information content (AvgIpc) is 2.97. The molecule has 1 aromatic heterocycles. The van der Waals surface area contributed by atoms with E-state index in [0.29, 0.717) is 0 Å². The summed E-state index contributed by atoms with van der Waals surface area (Å²) in [6.07, 6.45) is -15.3. The summed E-state index contributed by atoms with van der Waals surface area (Å²) >= 11 is 0. The van der Waals surface area contributed by atoms with Crippen LogP contribution >= 0.6 is 0 Å². The van der Waals surface area contributed by atoms with Gasteiger partial charge >= 0.3 is 0 Å². The van der Waals surface area contributed by atoms with Crippen molar-refractivity contribution in [2.75, 3.05) is 20.3 Å². The van der Waals surface area contributed by atoms with Crippen molar-refractivity contribution in [2.45, 2.75) is 55.3 Å². The number of phenolic OH excluding ortho intramolecular Hbond substituents is 3. The van der Waals surface area contributed by atoms with E-state index in [-0.39, 0.29) is 28.4 Å². The van der Waals surface area contributed by atoms with E-state index in [4.69, 9.17) is 28.1 Å². The molecule has 3 aromatic rings. The van der Waals surface area contributed by atoms with Crippen molar-refractivity contribution in [2.24, 2.45) is 0 Å². The van der Waals surface area contributed by atoms with Crippen molar-refractivity contribution in [3.8, 4) is 40.1 Å². The van der Waals surface area contributed by atoms with Crippen molar-refractivity contribution in [3.05, 3.63) is 40.6 Å². The highest BCUT2D eigenvalue weighted by molar-refractivity contribution is 5.88. The summed E-state index contributed by atoms with van der Waals surface area (Å²) in [5, 5.41) is 91.5. The molecule has 0 saturated carbocycles. The van der Waals surface area contributed by atoms with Crippen LogP contribution < -0.4 is 14.9 Å². The Labute approximate surface area is 241 Å². The Kier molecular flexibility index (Phi) is 8.66. The largest absolute Gasteiger partial charge is 0.508 e. The summed E-state index contributed by atoms with van der Waals surface area (Å²) in [5.74, 6) is -2.34. The highest BCUT2D eigenvalue weighted by Crippen LogP contribution is 2.40. The lowest BCUT2D eigenvalue weighted by Crippen LogP contribution is -2.64. The molecular formula is C27H30O16. The number of hydrogen-bond acceptors (Lipinski definition) is 16. The van der Waals surface area contributed by atoms with Gasteiger partial charge in [-0.2, -0.15) is 0 Å². The fraction of sp³-hybridized carbons (Fsp3) is 0.444. The first-order valence-corrected chi connectivity index (χ1v) is 13.0. The summed E-state index contributed by atoms with van der Waals surface area (Å²) in [5.41, 5.74) is -1.15. The fourth-order valence-corrected chi connectivity index (χ4v) is 4.85. The minimum Gasteiger partial charge on any atom is -0.508 e. The number of phenols is 3. The normalized spacial score (nSPS) is 31.2. The number of ether oxygens (including phenoxy) is 5. The summed E-state index contributed by atoms with van der Waals surface area (Å²) < 4.78 is 33.4. The molecule has 9 N–H and O–H groups in total. The van der Waals surface area contributed by atoms with E-state index < -0.39 is 96.6 Å². The predicted molar refractivity (Wildman–Crippen MR) is 140 cm³/mol. The molecule has 234 valence electrons. The summed E-state index contributed by atoms with van der Waals surface area (Å²) in [4.78, 5) is 13.8. The Morgan fingerprint density at radius 1 is 0.907 bits per heavy atom. The van der Waals surface area contributed by atoms with Gasteiger partial charge in [-0.15, -0.1) is 0 Å². The standard InChI is InChI=1S/C27H30O16/c1-38-14-4-9(2-3-11(14)30)23-24(20(35)17-12(31)5-10(29)6-15(17)40-23)42-27-25(21(36)19(34)16(7-28)41-27)43-26-22(37)18(33)13(32)8-39-26/h2-6,13,16,18-19,21-22,25-34,36-37H,7-8H2,1H3. The van der Waals surface area contributed by atoms with Gasteiger partial charge in [0, 0.05) is 17.7 Å². The minimum absolute atomic E-state index is 0.0249. The SMILES string of the molecule is COc1cc(-c2oc3cc(O)cc(O)c3c(=O)c2OC2OC(CO)C(O)C(O)C2OC2OCC(O)C(O)C2O)ccc1O. The van der Waals surface area contributed by atoms with Gasteiger partial charge in [0.2, 0.25) is 17.5 Å². The average molecular weight is 611 g/mol. The molecule has 0 aliphatic carbocycles. The monoisotopic (exact) mass is 610 g/mol. The van der Waals surface area contributed by atoms with Crippen LogP contribution in [0.5, 0.6) is 28.7 Å². The molecule has 9 unspecified atom stereocenters. The van der Waals surface area contributed by atoms with Crippen LogP contribution in [-0.2, 0) is 14.2 Å². The number of aliphatic hydroxyl groups excluding tert-OH is 6. The second-order valence-corrected chi connectivity index (χ2v) is 9.99. The van der Waals surface area contributed by atoms with Gasteiger partial charge < -0.3 is 74.1 Å². The smallest absolute Gasteiger partial charge is 0.239 e. The maximum atomic E-state index is 13.8. The second-order valence-electron chi connectivity index (χ2n) is 9.99. The molecule has 16 heteroatoms. The molecule has 16 nitrogen and oxygen atoms in total. The number of methoxy groups -OCH3 is 1. The number of aliphatic hydroxyl groups is 6. The Morgan fingerprint density at radius 3 is 2.35 bits per heavy atom. The van der Waals surface area contributed by atoms with Crippen LogP contribution in [0.3, 0.4) is 0 Å². The molecule has 2 aromatic carbocycles. The van der Waals surface area contributed by atoms with Gasteiger partial charge in [-0.05, 0) is 18.2 Å². The van der Waals surface area contributed by atoms with Crippen LogP contribution in [0.2, 0.25) is 0 Å². The van der Waals surface area contributed by atoms with Crippen molar-refractivity contribution < 1.29 is 74.1 Å². The number of rotatable bonds is 7. The highest BCUT2D eigenvalue weighted by Gasteiger charge is 2.50. The van der Waals surface area contributed by atoms with Crippen LogP contribution in [-0.4, -0.2) is 122 Å². The van der Waals surface area contributed by atoms with E-state index in [1.165, 1.54) is 25.3 Å². The second kappa shape index (κ2) is 12.1. The van der Waals surface area contributed by atoms with Gasteiger partial charge in [0.1, 0.15) is 59.1 Å². The number of benzene rings is 2. The lowest BCUT2D eigenvalue weighted by molar-refractivity contribution is -0.345. The molecule has 2 fully saturated rings. The Morgan fingerprint density at radius 2 is 1.65 bits per heavy atom. The van der Waals surface area contributed by atoms with E-state index in [0.717, 1.165) is 12.1 Å². The van der Waals surface area contributed by atoms with E-state index >= 15 is 0 Å². The van der Waals surface area contributed by atoms with Gasteiger partial charge in [0.15, 0.2) is 29.7 Å². The van der Waals surface area contributed by atoms with Gasteiger partial charge in [-0.1, -0.05) is 0 Å². The quantitative estimate of drug-likeness (QED) is 0.143. The molecule has 0 amide bonds. The van der Waals surface area contributed by atoms with Crippen molar-refractivity contribution in [1.82, 2.24) is 0 Å². The molecule has 0 bridgehead atoms. The maximum Gasteiger partial charge on any atom is 0.239 e. The highest BCUT2D eigenvalue weighted by atomic mass is 16.8. The first kappa shape index (κ1) is 30.7. The summed E-state index contributed by atoms with van der Waals surface area (Å²) in [6, 6.07) is 5.81. The topological polar surface area (TPSA) is 258 Å². The zero-order valence-corrected chi connectivity index (χ0v) is 22.4. The van der Waals surface area contributed by atoms with E-state index in [2.05, 4.69) is 0 Å². The van der Waals surface area contributed by atoms with Gasteiger partial charge in [-0.25, -0.2) is 0 Å². The molecule has 0 spiro atoms. The summed E-state index contributed by atoms with van der Waals surface area (Å²) in [6.45, 7) is -1.28. The van der Waals surface area contributed by atoms with Gasteiger partial charge in [0.25, 0.3) is 0 Å². The van der Waals surface area contributed by atoms with Crippen LogP contribution in [0.1, 0.15) is 0 Å². The molecule has 0 radical (unpaired) electrons. The molecule has 2 aliphatic rings. The molecule has 2 aliphatic heterocycles. The Hall–Kier alpha value is -3.71. The zero-order chi connectivity index (χ0) is 31.2. The van der Waals surface area contributed by atoms with Crippen LogP contribution in [0, 0.1) is 0 Å². The molecule has 9 atom stereocenters. The van der Waals surface area contributed by atoms with E-state index in [1.807, 2.05) is 0 Å². The van der Waals surface area contributed by atoms with Crippen LogP contribution in [0.25, 0.3) is 22.3 Å². The van der Waals surface area contributed by atoms with E-state index in [1.54, 1.807) is 0 Å². The predicted octanol–water partition coefficient (Wildman–Crippen LogP) is -1.77. The summed E-state index contributed by atoms with van der Waals surface area (Å²) in [7, 11) is 1.28. The Bertz CT molecular complexity index is 1520. The number of aromatic hydroxyl groups is 3. The van der Waals surface area contributed by atoms with Crippen LogP contribution in [0.15, 0.2) is 39.5 Å². The zero-order valence-electron chi connectivity index (χ0n) is 22.4. The minimum atomic E-state index is -1.88. The maximum absolute atomic E-state index is 13.8.